The van der Waals surface area contributed by atoms with Crippen molar-refractivity contribution >= 4 is 5.69 Å². The average molecular weight is 327 g/mol. The van der Waals surface area contributed by atoms with Gasteiger partial charge < -0.3 is 24.2 Å². The maximum absolute atomic E-state index is 10.3. The summed E-state index contributed by atoms with van der Waals surface area (Å²) in [6.45, 7) is 2.21. The van der Waals surface area contributed by atoms with Gasteiger partial charge in [0.2, 0.25) is 11.5 Å². The smallest absolute Gasteiger partial charge is 0.207 e. The Morgan fingerprint density at radius 1 is 1.21 bits per heavy atom. The normalized spacial score (nSPS) is 23.8. The van der Waals surface area contributed by atoms with Crippen LogP contribution in [0.25, 0.3) is 0 Å². The van der Waals surface area contributed by atoms with Gasteiger partial charge in [-0.1, -0.05) is 18.2 Å². The zero-order chi connectivity index (χ0) is 17.1. The predicted molar refractivity (Wildman–Crippen MR) is 91.5 cm³/mol. The van der Waals surface area contributed by atoms with E-state index in [-0.39, 0.29) is 17.4 Å². The largest absolute Gasteiger partial charge is 0.504 e. The zero-order valence-corrected chi connectivity index (χ0v) is 14.3. The molecule has 5 heteroatoms. The van der Waals surface area contributed by atoms with Crippen LogP contribution in [0.1, 0.15) is 18.1 Å². The number of hydrogen-bond acceptors (Lipinski definition) is 5. The molecule has 0 saturated heterocycles. The van der Waals surface area contributed by atoms with E-state index in [1.165, 1.54) is 18.4 Å². The maximum Gasteiger partial charge on any atom is 0.207 e. The molecule has 2 aliphatic heterocycles. The summed E-state index contributed by atoms with van der Waals surface area (Å²) in [5.41, 5.74) is 3.17. The summed E-state index contributed by atoms with van der Waals surface area (Å²) in [4.78, 5) is 2.16. The molecular weight excluding hydrogens is 306 g/mol. The third-order valence-corrected chi connectivity index (χ3v) is 5.24. The van der Waals surface area contributed by atoms with E-state index < -0.39 is 0 Å². The van der Waals surface area contributed by atoms with E-state index in [0.29, 0.717) is 17.2 Å². The first-order valence-electron chi connectivity index (χ1n) is 7.97. The summed E-state index contributed by atoms with van der Waals surface area (Å²) >= 11 is 0. The molecule has 0 bridgehead atoms. The van der Waals surface area contributed by atoms with Gasteiger partial charge in [-0.3, -0.25) is 0 Å². The number of fused-ring (bicyclic) bond motifs is 4. The molecule has 2 heterocycles. The quantitative estimate of drug-likeness (QED) is 0.919. The highest BCUT2D eigenvalue weighted by molar-refractivity contribution is 5.68. The van der Waals surface area contributed by atoms with Crippen LogP contribution in [0.3, 0.4) is 0 Å². The van der Waals surface area contributed by atoms with Crippen LogP contribution in [0.5, 0.6) is 23.0 Å². The molecule has 0 spiro atoms. The first-order valence-corrected chi connectivity index (χ1v) is 7.97. The molecule has 0 radical (unpaired) electrons. The molecule has 126 valence electrons. The summed E-state index contributed by atoms with van der Waals surface area (Å²) < 4.78 is 17.2. The van der Waals surface area contributed by atoms with E-state index in [9.17, 15) is 5.11 Å². The van der Waals surface area contributed by atoms with Crippen LogP contribution in [0.4, 0.5) is 5.69 Å². The van der Waals surface area contributed by atoms with Crippen LogP contribution >= 0.6 is 0 Å². The Bertz CT molecular complexity index is 819. The molecule has 2 aromatic rings. The molecule has 0 aliphatic carbocycles. The van der Waals surface area contributed by atoms with Gasteiger partial charge in [-0.05, 0) is 31.0 Å². The van der Waals surface area contributed by atoms with Crippen LogP contribution in [-0.4, -0.2) is 32.6 Å². The Morgan fingerprint density at radius 3 is 2.62 bits per heavy atom. The van der Waals surface area contributed by atoms with Crippen molar-refractivity contribution in [1.29, 1.82) is 0 Å². The summed E-state index contributed by atoms with van der Waals surface area (Å²) in [7, 11) is 5.11. The number of likely N-dealkylation sites (N-methyl/N-ethyl adjacent to an activating group) is 1. The number of rotatable bonds is 2. The fourth-order valence-electron chi connectivity index (χ4n) is 4.15. The van der Waals surface area contributed by atoms with Crippen LogP contribution in [-0.2, 0) is 11.8 Å². The number of ether oxygens (including phenoxy) is 3. The Morgan fingerprint density at radius 2 is 1.92 bits per heavy atom. The molecule has 2 unspecified atom stereocenters. The van der Waals surface area contributed by atoms with Crippen molar-refractivity contribution in [3.05, 3.63) is 41.5 Å². The standard InChI is InChI=1S/C19H21NO4/c1-19-10-11-9-14(21)16(22-3)17(23-4)15(11)24-18(19)20(2)13-8-6-5-7-12(13)19/h5-9,18,21H,10H2,1-4H3. The number of para-hydroxylation sites is 1. The Balaban J connectivity index is 1.90. The first kappa shape index (κ1) is 15.0. The summed E-state index contributed by atoms with van der Waals surface area (Å²) in [6, 6.07) is 10.1. The molecule has 2 aliphatic rings. The molecule has 2 atom stereocenters. The third kappa shape index (κ3) is 1.75. The minimum atomic E-state index is -0.190. The molecule has 2 aromatic carbocycles. The van der Waals surface area contributed by atoms with Gasteiger partial charge in [0.1, 0.15) is 0 Å². The molecule has 5 nitrogen and oxygen atoms in total. The SMILES string of the molecule is COc1c(O)cc2c(c1OC)OC1N(C)c3ccccc3C1(C)C2. The van der Waals surface area contributed by atoms with Crippen molar-refractivity contribution in [2.75, 3.05) is 26.2 Å². The number of aromatic hydroxyl groups is 1. The minimum absolute atomic E-state index is 0.0680. The second-order valence-electron chi connectivity index (χ2n) is 6.64. The highest BCUT2D eigenvalue weighted by Gasteiger charge is 2.52. The maximum atomic E-state index is 10.3. The first-order chi connectivity index (χ1) is 11.5. The lowest BCUT2D eigenvalue weighted by Gasteiger charge is -2.40. The van der Waals surface area contributed by atoms with Gasteiger partial charge in [0.15, 0.2) is 17.7 Å². The monoisotopic (exact) mass is 327 g/mol. The van der Waals surface area contributed by atoms with Gasteiger partial charge in [-0.15, -0.1) is 0 Å². The number of phenolic OH excluding ortho intramolecular Hbond substituents is 1. The van der Waals surface area contributed by atoms with Gasteiger partial charge in [-0.2, -0.15) is 0 Å². The lowest BCUT2D eigenvalue weighted by atomic mass is 9.76. The highest BCUT2D eigenvalue weighted by Crippen LogP contribution is 2.55. The number of nitrogens with zero attached hydrogens (tertiary/aromatic N) is 1. The lowest BCUT2D eigenvalue weighted by molar-refractivity contribution is 0.102. The van der Waals surface area contributed by atoms with Crippen molar-refractivity contribution < 1.29 is 19.3 Å². The van der Waals surface area contributed by atoms with E-state index in [0.717, 1.165) is 12.0 Å². The number of methoxy groups -OCH3 is 2. The Hall–Kier alpha value is -2.56. The van der Waals surface area contributed by atoms with Crippen molar-refractivity contribution in [1.82, 2.24) is 0 Å². The molecular formula is C19H21NO4. The number of hydrogen-bond donors (Lipinski definition) is 1. The predicted octanol–water partition coefficient (Wildman–Crippen LogP) is 3.08. The minimum Gasteiger partial charge on any atom is -0.504 e. The molecule has 1 N–H and O–H groups in total. The average Bonchev–Trinajstić information content (AvgIpc) is 2.80. The van der Waals surface area contributed by atoms with Crippen LogP contribution in [0.2, 0.25) is 0 Å². The van der Waals surface area contributed by atoms with E-state index >= 15 is 0 Å². The van der Waals surface area contributed by atoms with E-state index in [4.69, 9.17) is 14.2 Å². The second-order valence-corrected chi connectivity index (χ2v) is 6.64. The number of benzene rings is 2. The van der Waals surface area contributed by atoms with Crippen molar-refractivity contribution in [3.63, 3.8) is 0 Å². The highest BCUT2D eigenvalue weighted by atomic mass is 16.5. The molecule has 4 rings (SSSR count). The lowest BCUT2D eigenvalue weighted by Crippen LogP contribution is -2.49. The summed E-state index contributed by atoms with van der Waals surface area (Å²) in [5.74, 6) is 1.46. The van der Waals surface area contributed by atoms with E-state index in [2.05, 4.69) is 30.0 Å². The Kier molecular flexibility index (Phi) is 3.10. The fourth-order valence-corrected chi connectivity index (χ4v) is 4.15. The van der Waals surface area contributed by atoms with Gasteiger partial charge >= 0.3 is 0 Å². The molecule has 24 heavy (non-hydrogen) atoms. The zero-order valence-electron chi connectivity index (χ0n) is 14.3. The van der Waals surface area contributed by atoms with Crippen LogP contribution in [0, 0.1) is 0 Å². The van der Waals surface area contributed by atoms with E-state index in [1.54, 1.807) is 13.2 Å². The van der Waals surface area contributed by atoms with Crippen molar-refractivity contribution in [2.24, 2.45) is 0 Å². The molecule has 0 amide bonds. The Labute approximate surface area is 141 Å². The molecule has 0 aromatic heterocycles. The van der Waals surface area contributed by atoms with E-state index in [1.807, 2.05) is 13.1 Å². The topological polar surface area (TPSA) is 51.2 Å². The van der Waals surface area contributed by atoms with Crippen molar-refractivity contribution in [3.8, 4) is 23.0 Å². The summed E-state index contributed by atoms with van der Waals surface area (Å²) in [5, 5.41) is 10.3. The second kappa shape index (κ2) is 4.97. The number of phenols is 1. The molecule has 0 fully saturated rings. The van der Waals surface area contributed by atoms with Crippen LogP contribution in [0.15, 0.2) is 30.3 Å². The van der Waals surface area contributed by atoms with Gasteiger partial charge in [0, 0.05) is 18.3 Å². The third-order valence-electron chi connectivity index (χ3n) is 5.24. The number of anilines is 1. The summed E-state index contributed by atoms with van der Waals surface area (Å²) in [6.07, 6.45) is 0.618. The van der Waals surface area contributed by atoms with Crippen LogP contribution < -0.4 is 19.1 Å². The fraction of sp³-hybridized carbons (Fsp3) is 0.368. The van der Waals surface area contributed by atoms with Gasteiger partial charge in [0.25, 0.3) is 0 Å². The van der Waals surface area contributed by atoms with Gasteiger partial charge in [0.05, 0.1) is 19.6 Å². The molecule has 0 saturated carbocycles. The van der Waals surface area contributed by atoms with Gasteiger partial charge in [-0.25, -0.2) is 0 Å². The van der Waals surface area contributed by atoms with Crippen molar-refractivity contribution in [2.45, 2.75) is 25.0 Å².